The number of rotatable bonds is 4. The lowest BCUT2D eigenvalue weighted by atomic mass is 10.1. The van der Waals surface area contributed by atoms with Crippen LogP contribution in [0.1, 0.15) is 10.4 Å². The number of carbonyl (C=O) groups is 1. The number of hydrogen-bond donors (Lipinski definition) is 1. The number of nitrogens with zero attached hydrogens (tertiary/aromatic N) is 2. The van der Waals surface area contributed by atoms with Gasteiger partial charge in [0.25, 0.3) is 5.91 Å². The summed E-state index contributed by atoms with van der Waals surface area (Å²) in [6.45, 7) is 6.04. The molecule has 0 radical (unpaired) electrons. The lowest BCUT2D eigenvalue weighted by molar-refractivity contribution is 0.102. The second-order valence-corrected chi connectivity index (χ2v) is 7.82. The van der Waals surface area contributed by atoms with Crippen molar-refractivity contribution in [3.8, 4) is 0 Å². The van der Waals surface area contributed by atoms with Gasteiger partial charge in [-0.25, -0.2) is 0 Å². The summed E-state index contributed by atoms with van der Waals surface area (Å²) in [4.78, 5) is 17.4. The van der Waals surface area contributed by atoms with Crippen LogP contribution >= 0.6 is 23.2 Å². The topological polar surface area (TPSA) is 54.0 Å². The number of morpholine rings is 2. The molecule has 6 nitrogen and oxygen atoms in total. The Morgan fingerprint density at radius 3 is 2.17 bits per heavy atom. The monoisotopic (exact) mass is 435 g/mol. The molecule has 0 bridgehead atoms. The largest absolute Gasteiger partial charge is 0.378 e. The maximum Gasteiger partial charge on any atom is 0.257 e. The molecule has 0 atom stereocenters. The number of nitrogens with one attached hydrogen (secondary N) is 1. The van der Waals surface area contributed by atoms with E-state index in [0.29, 0.717) is 28.8 Å². The third-order valence-corrected chi connectivity index (χ3v) is 5.68. The first-order valence-electron chi connectivity index (χ1n) is 9.67. The Bertz CT molecular complexity index is 881. The van der Waals surface area contributed by atoms with Gasteiger partial charge >= 0.3 is 0 Å². The minimum absolute atomic E-state index is 0.264. The van der Waals surface area contributed by atoms with Crippen LogP contribution in [0.15, 0.2) is 36.4 Å². The molecular weight excluding hydrogens is 413 g/mol. The second-order valence-electron chi connectivity index (χ2n) is 6.98. The summed E-state index contributed by atoms with van der Waals surface area (Å²) in [5.74, 6) is -0.264. The molecule has 0 unspecified atom stereocenters. The molecule has 1 amide bonds. The van der Waals surface area contributed by atoms with Crippen LogP contribution < -0.4 is 15.1 Å². The van der Waals surface area contributed by atoms with Crippen LogP contribution in [-0.4, -0.2) is 58.5 Å². The van der Waals surface area contributed by atoms with Crippen molar-refractivity contribution in [3.05, 3.63) is 52.0 Å². The minimum atomic E-state index is -0.264. The van der Waals surface area contributed by atoms with E-state index in [-0.39, 0.29) is 5.91 Å². The van der Waals surface area contributed by atoms with Crippen molar-refractivity contribution >= 4 is 46.2 Å². The molecule has 4 rings (SSSR count). The fourth-order valence-corrected chi connectivity index (χ4v) is 4.07. The Kier molecular flexibility index (Phi) is 6.45. The molecular formula is C21H23Cl2N3O3. The van der Waals surface area contributed by atoms with Gasteiger partial charge in [-0.05, 0) is 36.4 Å². The van der Waals surface area contributed by atoms with E-state index < -0.39 is 0 Å². The Morgan fingerprint density at radius 1 is 0.862 bits per heavy atom. The van der Waals surface area contributed by atoms with Crippen molar-refractivity contribution in [2.24, 2.45) is 0 Å². The third-order valence-electron chi connectivity index (χ3n) is 5.13. The first-order valence-corrected chi connectivity index (χ1v) is 10.4. The van der Waals surface area contributed by atoms with Gasteiger partial charge in [0.2, 0.25) is 0 Å². The summed E-state index contributed by atoms with van der Waals surface area (Å²) < 4.78 is 11.0. The molecule has 0 spiro atoms. The van der Waals surface area contributed by atoms with Gasteiger partial charge in [0.15, 0.2) is 0 Å². The number of ether oxygens (including phenoxy) is 2. The van der Waals surface area contributed by atoms with Gasteiger partial charge < -0.3 is 24.6 Å². The van der Waals surface area contributed by atoms with E-state index in [1.807, 2.05) is 12.1 Å². The van der Waals surface area contributed by atoms with Crippen molar-refractivity contribution in [1.82, 2.24) is 0 Å². The van der Waals surface area contributed by atoms with Crippen LogP contribution in [0.3, 0.4) is 0 Å². The molecule has 2 saturated heterocycles. The normalized spacial score (nSPS) is 17.3. The molecule has 2 aliphatic heterocycles. The molecule has 8 heteroatoms. The average molecular weight is 436 g/mol. The van der Waals surface area contributed by atoms with E-state index in [1.165, 1.54) is 0 Å². The van der Waals surface area contributed by atoms with Crippen molar-refractivity contribution in [2.45, 2.75) is 0 Å². The lowest BCUT2D eigenvalue weighted by Crippen LogP contribution is -2.38. The molecule has 1 N–H and O–H groups in total. The maximum atomic E-state index is 12.9. The molecule has 0 saturated carbocycles. The van der Waals surface area contributed by atoms with Crippen LogP contribution in [0.5, 0.6) is 0 Å². The summed E-state index contributed by atoms with van der Waals surface area (Å²) in [6.07, 6.45) is 0. The summed E-state index contributed by atoms with van der Waals surface area (Å²) >= 11 is 12.2. The summed E-state index contributed by atoms with van der Waals surface area (Å²) in [6, 6.07) is 11.0. The van der Waals surface area contributed by atoms with Crippen LogP contribution in [-0.2, 0) is 9.47 Å². The van der Waals surface area contributed by atoms with E-state index in [2.05, 4.69) is 21.2 Å². The van der Waals surface area contributed by atoms with Crippen molar-refractivity contribution < 1.29 is 14.3 Å². The van der Waals surface area contributed by atoms with Gasteiger partial charge in [0.05, 0.1) is 48.4 Å². The molecule has 2 aromatic rings. The van der Waals surface area contributed by atoms with Crippen molar-refractivity contribution in [2.75, 3.05) is 67.7 Å². The number of carbonyl (C=O) groups excluding carboxylic acids is 1. The van der Waals surface area contributed by atoms with Gasteiger partial charge in [-0.1, -0.05) is 23.2 Å². The molecule has 2 fully saturated rings. The predicted molar refractivity (Wildman–Crippen MR) is 117 cm³/mol. The first-order chi connectivity index (χ1) is 14.1. The average Bonchev–Trinajstić information content (AvgIpc) is 2.75. The van der Waals surface area contributed by atoms with Gasteiger partial charge in [0.1, 0.15) is 0 Å². The highest BCUT2D eigenvalue weighted by Crippen LogP contribution is 2.33. The van der Waals surface area contributed by atoms with Crippen molar-refractivity contribution in [1.29, 1.82) is 0 Å². The number of halogens is 2. The van der Waals surface area contributed by atoms with Crippen LogP contribution in [0.2, 0.25) is 10.0 Å². The van der Waals surface area contributed by atoms with E-state index in [0.717, 1.165) is 56.5 Å². The quantitative estimate of drug-likeness (QED) is 0.788. The van der Waals surface area contributed by atoms with E-state index >= 15 is 0 Å². The standard InChI is InChI=1S/C21H23Cl2N3O3/c22-15-1-3-17(18(23)13-15)21(27)24-19-4-2-16(25-5-9-28-10-6-25)14-20(19)26-7-11-29-12-8-26/h1-4,13-14H,5-12H2,(H,24,27). The van der Waals surface area contributed by atoms with Crippen LogP contribution in [0.25, 0.3) is 0 Å². The van der Waals surface area contributed by atoms with Gasteiger partial charge in [-0.15, -0.1) is 0 Å². The highest BCUT2D eigenvalue weighted by Gasteiger charge is 2.20. The fraction of sp³-hybridized carbons (Fsp3) is 0.381. The minimum Gasteiger partial charge on any atom is -0.378 e. The Balaban J connectivity index is 1.62. The zero-order valence-electron chi connectivity index (χ0n) is 16.0. The SMILES string of the molecule is O=C(Nc1ccc(N2CCOCC2)cc1N1CCOCC1)c1ccc(Cl)cc1Cl. The molecule has 2 heterocycles. The van der Waals surface area contributed by atoms with E-state index in [9.17, 15) is 4.79 Å². The molecule has 2 aromatic carbocycles. The molecule has 2 aliphatic rings. The van der Waals surface area contributed by atoms with Crippen LogP contribution in [0, 0.1) is 0 Å². The predicted octanol–water partition coefficient (Wildman–Crippen LogP) is 3.92. The van der Waals surface area contributed by atoms with Crippen molar-refractivity contribution in [3.63, 3.8) is 0 Å². The van der Waals surface area contributed by atoms with Gasteiger partial charge in [-0.3, -0.25) is 4.79 Å². The number of anilines is 3. The third kappa shape index (κ3) is 4.78. The number of amides is 1. The summed E-state index contributed by atoms with van der Waals surface area (Å²) in [5, 5.41) is 3.84. The first kappa shape index (κ1) is 20.3. The second kappa shape index (κ2) is 9.22. The highest BCUT2D eigenvalue weighted by molar-refractivity contribution is 6.37. The number of benzene rings is 2. The fourth-order valence-electron chi connectivity index (χ4n) is 3.57. The zero-order valence-corrected chi connectivity index (χ0v) is 17.5. The molecule has 0 aliphatic carbocycles. The maximum absolute atomic E-state index is 12.9. The Morgan fingerprint density at radius 2 is 1.52 bits per heavy atom. The molecule has 154 valence electrons. The molecule has 29 heavy (non-hydrogen) atoms. The smallest absolute Gasteiger partial charge is 0.257 e. The lowest BCUT2D eigenvalue weighted by Gasteiger charge is -2.33. The van der Waals surface area contributed by atoms with Gasteiger partial charge in [0, 0.05) is 36.9 Å². The van der Waals surface area contributed by atoms with E-state index in [1.54, 1.807) is 18.2 Å². The molecule has 0 aromatic heterocycles. The van der Waals surface area contributed by atoms with Gasteiger partial charge in [-0.2, -0.15) is 0 Å². The zero-order chi connectivity index (χ0) is 20.2. The summed E-state index contributed by atoms with van der Waals surface area (Å²) in [7, 11) is 0. The highest BCUT2D eigenvalue weighted by atomic mass is 35.5. The van der Waals surface area contributed by atoms with E-state index in [4.69, 9.17) is 32.7 Å². The summed E-state index contributed by atoms with van der Waals surface area (Å²) in [5.41, 5.74) is 3.24. The Hall–Kier alpha value is -1.99. The number of hydrogen-bond acceptors (Lipinski definition) is 5. The van der Waals surface area contributed by atoms with Crippen LogP contribution in [0.4, 0.5) is 17.1 Å². The Labute approximate surface area is 180 Å².